The summed E-state index contributed by atoms with van der Waals surface area (Å²) in [6.45, 7) is 7.39. The molecule has 122 valence electrons. The highest BCUT2D eigenvalue weighted by Crippen LogP contribution is 2.28. The number of carbonyl (C=O) groups is 2. The van der Waals surface area contributed by atoms with Gasteiger partial charge in [-0.1, -0.05) is 32.9 Å². The number of carbonyl (C=O) groups excluding carboxylic acids is 2. The molecule has 1 atom stereocenters. The Morgan fingerprint density at radius 3 is 2.27 bits per heavy atom. The highest BCUT2D eigenvalue weighted by atomic mass is 35.5. The molecule has 1 heterocycles. The normalized spacial score (nSPS) is 20.2. The molecule has 1 unspecified atom stereocenters. The van der Waals surface area contributed by atoms with Gasteiger partial charge in [-0.3, -0.25) is 9.59 Å². The molecule has 2 N–H and O–H groups in total. The molecule has 22 heavy (non-hydrogen) atoms. The first-order valence-corrected chi connectivity index (χ1v) is 7.53. The third-order valence-corrected chi connectivity index (χ3v) is 4.37. The van der Waals surface area contributed by atoms with Crippen LogP contribution in [0.5, 0.6) is 0 Å². The molecule has 0 aromatic heterocycles. The predicted octanol–water partition coefficient (Wildman–Crippen LogP) is 2.90. The molecule has 4 nitrogen and oxygen atoms in total. The standard InChI is InChI=1S/C17H24N2O2.ClH/c1-4-14(20)12-5-7-13(8-6-12)16(21)19-10-9-15(18)17(2,3)11-19;/h5-8,15H,4,9-11,18H2,1-3H3;1H. The second-order valence-electron chi connectivity index (χ2n) is 6.46. The van der Waals surface area contributed by atoms with Gasteiger partial charge in [0.25, 0.3) is 5.91 Å². The zero-order chi connectivity index (χ0) is 15.6. The van der Waals surface area contributed by atoms with E-state index in [2.05, 4.69) is 13.8 Å². The summed E-state index contributed by atoms with van der Waals surface area (Å²) in [4.78, 5) is 26.0. The molecule has 1 aromatic carbocycles. The average Bonchev–Trinajstić information content (AvgIpc) is 2.48. The monoisotopic (exact) mass is 324 g/mol. The summed E-state index contributed by atoms with van der Waals surface area (Å²) >= 11 is 0. The van der Waals surface area contributed by atoms with Gasteiger partial charge in [0.2, 0.25) is 0 Å². The lowest BCUT2D eigenvalue weighted by Gasteiger charge is -2.42. The van der Waals surface area contributed by atoms with Crippen molar-refractivity contribution in [3.63, 3.8) is 0 Å². The Kier molecular flexibility index (Phi) is 6.15. The van der Waals surface area contributed by atoms with Gasteiger partial charge in [0.05, 0.1) is 0 Å². The van der Waals surface area contributed by atoms with Crippen LogP contribution in [-0.2, 0) is 0 Å². The minimum absolute atomic E-state index is 0. The van der Waals surface area contributed by atoms with E-state index in [0.29, 0.717) is 30.6 Å². The fourth-order valence-corrected chi connectivity index (χ4v) is 2.73. The van der Waals surface area contributed by atoms with Gasteiger partial charge >= 0.3 is 0 Å². The van der Waals surface area contributed by atoms with Crippen LogP contribution in [0, 0.1) is 5.41 Å². The first-order chi connectivity index (χ1) is 9.85. The summed E-state index contributed by atoms with van der Waals surface area (Å²) < 4.78 is 0. The first-order valence-electron chi connectivity index (χ1n) is 7.53. The van der Waals surface area contributed by atoms with E-state index in [1.807, 2.05) is 11.8 Å². The fourth-order valence-electron chi connectivity index (χ4n) is 2.73. The maximum atomic E-state index is 12.5. The van der Waals surface area contributed by atoms with Crippen LogP contribution in [0.15, 0.2) is 24.3 Å². The van der Waals surface area contributed by atoms with Crippen LogP contribution in [0.1, 0.15) is 54.3 Å². The van der Waals surface area contributed by atoms with Crippen LogP contribution < -0.4 is 5.73 Å². The van der Waals surface area contributed by atoms with Crippen molar-refractivity contribution >= 4 is 24.1 Å². The van der Waals surface area contributed by atoms with Gasteiger partial charge in [-0.05, 0) is 24.0 Å². The van der Waals surface area contributed by atoms with Crippen LogP contribution in [-0.4, -0.2) is 35.7 Å². The van der Waals surface area contributed by atoms with Gasteiger partial charge in [0, 0.05) is 36.7 Å². The summed E-state index contributed by atoms with van der Waals surface area (Å²) in [6.07, 6.45) is 1.30. The Bertz CT molecular complexity index is 540. The Balaban J connectivity index is 0.00000242. The number of hydrogen-bond donors (Lipinski definition) is 1. The number of amides is 1. The quantitative estimate of drug-likeness (QED) is 0.869. The van der Waals surface area contributed by atoms with E-state index in [1.54, 1.807) is 24.3 Å². The maximum absolute atomic E-state index is 12.5. The van der Waals surface area contributed by atoms with Crippen molar-refractivity contribution < 1.29 is 9.59 Å². The number of likely N-dealkylation sites (tertiary alicyclic amines) is 1. The summed E-state index contributed by atoms with van der Waals surface area (Å²) in [6, 6.07) is 7.09. The number of ketones is 1. The van der Waals surface area contributed by atoms with Gasteiger partial charge in [0.15, 0.2) is 5.78 Å². The summed E-state index contributed by atoms with van der Waals surface area (Å²) in [5.41, 5.74) is 7.34. The largest absolute Gasteiger partial charge is 0.338 e. The smallest absolute Gasteiger partial charge is 0.253 e. The lowest BCUT2D eigenvalue weighted by molar-refractivity contribution is 0.0533. The molecule has 1 fully saturated rings. The first kappa shape index (κ1) is 18.7. The molecule has 1 aromatic rings. The van der Waals surface area contributed by atoms with Crippen molar-refractivity contribution in [2.24, 2.45) is 11.1 Å². The number of Topliss-reactive ketones (excluding diaryl/α,β-unsaturated/α-hetero) is 1. The molecule has 5 heteroatoms. The summed E-state index contributed by atoms with van der Waals surface area (Å²) in [5.74, 6) is 0.115. The van der Waals surface area contributed by atoms with E-state index >= 15 is 0 Å². The molecular formula is C17H25ClN2O2. The van der Waals surface area contributed by atoms with Crippen molar-refractivity contribution in [3.8, 4) is 0 Å². The Morgan fingerprint density at radius 2 is 1.77 bits per heavy atom. The molecule has 1 aliphatic heterocycles. The number of hydrogen-bond acceptors (Lipinski definition) is 3. The van der Waals surface area contributed by atoms with Gasteiger partial charge in [-0.2, -0.15) is 0 Å². The molecule has 0 spiro atoms. The summed E-state index contributed by atoms with van der Waals surface area (Å²) in [5, 5.41) is 0. The number of rotatable bonds is 3. The number of benzene rings is 1. The van der Waals surface area contributed by atoms with Gasteiger partial charge in [0.1, 0.15) is 0 Å². The van der Waals surface area contributed by atoms with Crippen molar-refractivity contribution in [2.75, 3.05) is 13.1 Å². The zero-order valence-electron chi connectivity index (χ0n) is 13.5. The predicted molar refractivity (Wildman–Crippen MR) is 90.6 cm³/mol. The lowest BCUT2D eigenvalue weighted by Crippen LogP contribution is -2.53. The second kappa shape index (κ2) is 7.25. The Labute approximate surface area is 138 Å². The van der Waals surface area contributed by atoms with Gasteiger partial charge in [-0.25, -0.2) is 0 Å². The fraction of sp³-hybridized carbons (Fsp3) is 0.529. The number of nitrogens with zero attached hydrogens (tertiary/aromatic N) is 1. The molecule has 0 radical (unpaired) electrons. The van der Waals surface area contributed by atoms with Crippen LogP contribution in [0.4, 0.5) is 0 Å². The van der Waals surface area contributed by atoms with E-state index in [-0.39, 0.29) is 35.6 Å². The van der Waals surface area contributed by atoms with Gasteiger partial charge < -0.3 is 10.6 Å². The molecule has 2 rings (SSSR count). The minimum Gasteiger partial charge on any atom is -0.338 e. The van der Waals surface area contributed by atoms with Crippen molar-refractivity contribution in [1.29, 1.82) is 0 Å². The third kappa shape index (κ3) is 3.87. The number of piperidine rings is 1. The Hall–Kier alpha value is -1.39. The second-order valence-corrected chi connectivity index (χ2v) is 6.46. The molecule has 1 saturated heterocycles. The Morgan fingerprint density at radius 1 is 1.23 bits per heavy atom. The molecule has 0 saturated carbocycles. The highest BCUT2D eigenvalue weighted by molar-refractivity contribution is 5.98. The molecule has 0 bridgehead atoms. The molecule has 0 aliphatic carbocycles. The van der Waals surface area contributed by atoms with Crippen molar-refractivity contribution in [1.82, 2.24) is 4.90 Å². The molecule has 1 aliphatic rings. The summed E-state index contributed by atoms with van der Waals surface area (Å²) in [7, 11) is 0. The van der Waals surface area contributed by atoms with Crippen LogP contribution in [0.3, 0.4) is 0 Å². The van der Waals surface area contributed by atoms with E-state index < -0.39 is 0 Å². The number of halogens is 1. The van der Waals surface area contributed by atoms with E-state index in [0.717, 1.165) is 6.42 Å². The van der Waals surface area contributed by atoms with E-state index in [4.69, 9.17) is 5.73 Å². The third-order valence-electron chi connectivity index (χ3n) is 4.37. The lowest BCUT2D eigenvalue weighted by atomic mass is 9.79. The zero-order valence-corrected chi connectivity index (χ0v) is 14.3. The minimum atomic E-state index is -0.0635. The van der Waals surface area contributed by atoms with Gasteiger partial charge in [-0.15, -0.1) is 12.4 Å². The topological polar surface area (TPSA) is 63.4 Å². The highest BCUT2D eigenvalue weighted by Gasteiger charge is 2.35. The molecular weight excluding hydrogens is 300 g/mol. The van der Waals surface area contributed by atoms with Crippen LogP contribution >= 0.6 is 12.4 Å². The SMILES string of the molecule is CCC(=O)c1ccc(C(=O)N2CCC(N)C(C)(C)C2)cc1.Cl. The molecule has 1 amide bonds. The van der Waals surface area contributed by atoms with Crippen molar-refractivity contribution in [2.45, 2.75) is 39.7 Å². The van der Waals surface area contributed by atoms with Crippen LogP contribution in [0.25, 0.3) is 0 Å². The van der Waals surface area contributed by atoms with Crippen LogP contribution in [0.2, 0.25) is 0 Å². The van der Waals surface area contributed by atoms with Crippen molar-refractivity contribution in [3.05, 3.63) is 35.4 Å². The number of nitrogens with two attached hydrogens (primary N) is 1. The maximum Gasteiger partial charge on any atom is 0.253 e. The van der Waals surface area contributed by atoms with E-state index in [9.17, 15) is 9.59 Å². The van der Waals surface area contributed by atoms with E-state index in [1.165, 1.54) is 0 Å². The average molecular weight is 325 g/mol.